The zero-order valence-corrected chi connectivity index (χ0v) is 26.7. The molecule has 236 valence electrons. The Kier molecular flexibility index (Phi) is 13.0. The molecule has 1 amide bonds. The first-order valence-electron chi connectivity index (χ1n) is 15.1. The zero-order valence-electron chi connectivity index (χ0n) is 25.9. The first kappa shape index (κ1) is 34.5. The van der Waals surface area contributed by atoms with Crippen molar-refractivity contribution in [3.63, 3.8) is 0 Å². The van der Waals surface area contributed by atoms with Crippen molar-refractivity contribution in [1.29, 1.82) is 0 Å². The smallest absolute Gasteiger partial charge is 0.271 e. The van der Waals surface area contributed by atoms with Crippen molar-refractivity contribution in [1.82, 2.24) is 10.7 Å². The summed E-state index contributed by atoms with van der Waals surface area (Å²) in [4.78, 5) is 36.3. The van der Waals surface area contributed by atoms with E-state index in [1.807, 2.05) is 56.3 Å². The van der Waals surface area contributed by atoms with E-state index in [-0.39, 0.29) is 36.5 Å². The molecule has 43 heavy (non-hydrogen) atoms. The van der Waals surface area contributed by atoms with E-state index < -0.39 is 24.3 Å². The molecule has 0 fully saturated rings. The fourth-order valence-corrected chi connectivity index (χ4v) is 6.25. The average Bonchev–Trinajstić information content (AvgIpc) is 3.35. The maximum absolute atomic E-state index is 16.0. The summed E-state index contributed by atoms with van der Waals surface area (Å²) < 4.78 is 32.0. The van der Waals surface area contributed by atoms with Gasteiger partial charge in [0.1, 0.15) is 11.6 Å². The number of benzene rings is 2. The molecule has 1 aliphatic rings. The lowest BCUT2D eigenvalue weighted by atomic mass is 9.80. The van der Waals surface area contributed by atoms with Gasteiger partial charge in [-0.15, -0.1) is 0 Å². The molecule has 3 rings (SSSR count). The van der Waals surface area contributed by atoms with Crippen LogP contribution in [0.4, 0.5) is 20.2 Å². The van der Waals surface area contributed by atoms with Gasteiger partial charge in [-0.1, -0.05) is 38.1 Å². The van der Waals surface area contributed by atoms with E-state index in [0.29, 0.717) is 43.5 Å². The quantitative estimate of drug-likeness (QED) is 0.123. The zero-order chi connectivity index (χ0) is 31.6. The normalized spacial score (nSPS) is 16.7. The second-order valence-corrected chi connectivity index (χ2v) is 12.3. The number of rotatable bonds is 19. The average molecular weight is 617 g/mol. The van der Waals surface area contributed by atoms with Crippen molar-refractivity contribution in [3.05, 3.63) is 59.2 Å². The van der Waals surface area contributed by atoms with Crippen LogP contribution in [0.25, 0.3) is 0 Å². The first-order chi connectivity index (χ1) is 20.6. The van der Waals surface area contributed by atoms with Gasteiger partial charge >= 0.3 is 0 Å². The number of alkyl halides is 2. The number of hydrogen-bond donors (Lipinski definition) is 3. The number of carbonyl (C=O) groups is 3. The number of hydrazine groups is 1. The van der Waals surface area contributed by atoms with Crippen molar-refractivity contribution in [2.45, 2.75) is 77.0 Å². The van der Waals surface area contributed by atoms with Gasteiger partial charge in [0.2, 0.25) is 6.41 Å². The number of halogens is 2. The molecule has 4 atom stereocenters. The molecule has 0 radical (unpaired) electrons. The molecular formula is C33H46F2N4O3S. The third kappa shape index (κ3) is 9.01. The van der Waals surface area contributed by atoms with E-state index in [0.717, 1.165) is 22.6 Å². The van der Waals surface area contributed by atoms with Gasteiger partial charge < -0.3 is 20.4 Å². The molecule has 4 unspecified atom stereocenters. The van der Waals surface area contributed by atoms with Crippen molar-refractivity contribution in [2.75, 3.05) is 36.2 Å². The van der Waals surface area contributed by atoms with Crippen molar-refractivity contribution in [2.24, 2.45) is 11.8 Å². The number of carbonyl (C=O) groups excluding carboxylic acids is 3. The lowest BCUT2D eigenvalue weighted by Crippen LogP contribution is -2.40. The Morgan fingerprint density at radius 3 is 2.58 bits per heavy atom. The van der Waals surface area contributed by atoms with Crippen LogP contribution in [0.2, 0.25) is 0 Å². The summed E-state index contributed by atoms with van der Waals surface area (Å²) in [5, 5.41) is 7.38. The van der Waals surface area contributed by atoms with Crippen molar-refractivity contribution < 1.29 is 23.2 Å². The van der Waals surface area contributed by atoms with E-state index >= 15 is 8.78 Å². The third-order valence-corrected chi connectivity index (χ3v) is 8.93. The second kappa shape index (κ2) is 16.2. The molecule has 3 N–H and O–H groups in total. The van der Waals surface area contributed by atoms with Gasteiger partial charge in [0.15, 0.2) is 0 Å². The van der Waals surface area contributed by atoms with E-state index in [1.165, 1.54) is 6.92 Å². The molecule has 0 aliphatic carbocycles. The molecule has 1 heterocycles. The van der Waals surface area contributed by atoms with Gasteiger partial charge in [0, 0.05) is 42.8 Å². The number of hydrogen-bond acceptors (Lipinski definition) is 7. The molecule has 2 aromatic rings. The van der Waals surface area contributed by atoms with Crippen molar-refractivity contribution >= 4 is 41.1 Å². The van der Waals surface area contributed by atoms with Crippen molar-refractivity contribution in [3.8, 4) is 0 Å². The lowest BCUT2D eigenvalue weighted by Gasteiger charge is -2.29. The van der Waals surface area contributed by atoms with Gasteiger partial charge in [-0.2, -0.15) is 11.8 Å². The van der Waals surface area contributed by atoms with Crippen LogP contribution in [0.3, 0.4) is 0 Å². The highest BCUT2D eigenvalue weighted by Crippen LogP contribution is 2.44. The summed E-state index contributed by atoms with van der Waals surface area (Å²) in [5.74, 6) is -3.94. The van der Waals surface area contributed by atoms with Crippen LogP contribution in [-0.4, -0.2) is 49.8 Å². The number of thioether (sulfide) groups is 1. The van der Waals surface area contributed by atoms with Gasteiger partial charge in [0.25, 0.3) is 5.92 Å². The van der Waals surface area contributed by atoms with E-state index in [2.05, 4.69) is 16.1 Å². The van der Waals surface area contributed by atoms with Crippen LogP contribution in [0, 0.1) is 11.8 Å². The summed E-state index contributed by atoms with van der Waals surface area (Å²) in [5.41, 5.74) is 7.23. The number of ketones is 2. The Bertz CT molecular complexity index is 1240. The molecule has 0 saturated heterocycles. The number of amides is 1. The van der Waals surface area contributed by atoms with E-state index in [4.69, 9.17) is 0 Å². The fourth-order valence-electron chi connectivity index (χ4n) is 5.74. The Labute approximate surface area is 258 Å². The van der Waals surface area contributed by atoms with Crippen LogP contribution in [-0.2, 0) is 20.1 Å². The number of nitrogens with one attached hydrogen (secondary N) is 3. The van der Waals surface area contributed by atoms with Crippen LogP contribution in [0.5, 0.6) is 0 Å². The molecule has 7 nitrogen and oxygen atoms in total. The lowest BCUT2D eigenvalue weighted by molar-refractivity contribution is -0.128. The number of fused-ring (bicyclic) bond motifs is 1. The molecule has 1 aliphatic heterocycles. The van der Waals surface area contributed by atoms with Crippen LogP contribution in [0.15, 0.2) is 42.5 Å². The van der Waals surface area contributed by atoms with Gasteiger partial charge in [-0.3, -0.25) is 9.59 Å². The number of nitrogens with zero attached hydrogens (tertiary/aromatic N) is 1. The predicted molar refractivity (Wildman–Crippen MR) is 172 cm³/mol. The number of anilines is 2. The Morgan fingerprint density at radius 1 is 1.16 bits per heavy atom. The van der Waals surface area contributed by atoms with Crippen LogP contribution in [0.1, 0.15) is 82.0 Å². The minimum Gasteiger partial charge on any atom is -0.379 e. The molecule has 0 bridgehead atoms. The topological polar surface area (TPSA) is 90.5 Å². The van der Waals surface area contributed by atoms with Gasteiger partial charge in [-0.25, -0.2) is 14.2 Å². The highest BCUT2D eigenvalue weighted by atomic mass is 32.2. The van der Waals surface area contributed by atoms with Crippen LogP contribution < -0.4 is 21.1 Å². The third-order valence-electron chi connectivity index (χ3n) is 8.30. The predicted octanol–water partition coefficient (Wildman–Crippen LogP) is 6.50. The summed E-state index contributed by atoms with van der Waals surface area (Å²) >= 11 is 1.67. The van der Waals surface area contributed by atoms with Gasteiger partial charge in [0.05, 0.1) is 24.2 Å². The largest absolute Gasteiger partial charge is 0.379 e. The summed E-state index contributed by atoms with van der Waals surface area (Å²) in [6, 6.07) is 12.5. The Balaban J connectivity index is 1.94. The SMILES string of the molecule is CCC(C)C(=O)C(CCC(C)=O)C1NN(CC)c2cc(C(CCNC=O)C(F)(F)CNc3cccc(CSC)c3)ccc21. The van der Waals surface area contributed by atoms with Crippen LogP contribution >= 0.6 is 11.8 Å². The second-order valence-electron chi connectivity index (χ2n) is 11.4. The summed E-state index contributed by atoms with van der Waals surface area (Å²) in [6.07, 6.45) is 4.00. The fraction of sp³-hybridized carbons (Fsp3) is 0.545. The maximum atomic E-state index is 16.0. The van der Waals surface area contributed by atoms with Gasteiger partial charge in [-0.05, 0) is 74.3 Å². The number of Topliss-reactive ketones (excluding diaryl/α,β-unsaturated/α-hetero) is 2. The summed E-state index contributed by atoms with van der Waals surface area (Å²) in [6.45, 7) is 7.48. The molecule has 0 spiro atoms. The standard InChI is InChI=1S/C33H46F2N4O3S/c1-6-22(3)32(42)28(13-11-23(4)41)31-27-14-12-25(18-30(27)39(7-2)38-31)29(15-16-36-21-40)33(34,35)20-37-26-10-8-9-24(17-26)19-43-5/h8-10,12,14,17-18,21-22,28-29,31,37-38H,6-7,11,13,15-16,19-20H2,1-5H3,(H,36,40). The monoisotopic (exact) mass is 616 g/mol. The highest BCUT2D eigenvalue weighted by Gasteiger charge is 2.42. The molecule has 2 aromatic carbocycles. The molecule has 10 heteroatoms. The minimum atomic E-state index is -3.13. The Hall–Kier alpha value is -2.98. The molecular weight excluding hydrogens is 570 g/mol. The molecule has 0 aromatic heterocycles. The minimum absolute atomic E-state index is 0.0291. The van der Waals surface area contributed by atoms with E-state index in [9.17, 15) is 14.4 Å². The highest BCUT2D eigenvalue weighted by molar-refractivity contribution is 7.97. The Morgan fingerprint density at radius 2 is 1.93 bits per heavy atom. The maximum Gasteiger partial charge on any atom is 0.271 e. The molecule has 0 saturated carbocycles. The first-order valence-corrected chi connectivity index (χ1v) is 16.5. The summed E-state index contributed by atoms with van der Waals surface area (Å²) in [7, 11) is 0. The van der Waals surface area contributed by atoms with E-state index in [1.54, 1.807) is 30.0 Å².